The molecule has 0 aliphatic heterocycles. The molecule has 5 nitrogen and oxygen atoms in total. The first-order valence-electron chi connectivity index (χ1n) is 8.69. The number of rotatable bonds is 7. The maximum absolute atomic E-state index is 12.5. The third-order valence-electron chi connectivity index (χ3n) is 4.35. The quantitative estimate of drug-likeness (QED) is 0.714. The van der Waals surface area contributed by atoms with Gasteiger partial charge in [0.05, 0.1) is 24.3 Å². The molecule has 0 spiro atoms. The van der Waals surface area contributed by atoms with Crippen LogP contribution >= 0.6 is 0 Å². The fourth-order valence-corrected chi connectivity index (χ4v) is 2.90. The number of aromatic nitrogens is 2. The molecule has 0 aliphatic rings. The predicted octanol–water partition coefficient (Wildman–Crippen LogP) is 2.96. The number of likely N-dealkylation sites (N-methyl/N-ethyl adjacent to an activating group) is 1. The van der Waals surface area contributed by atoms with Crippen LogP contribution in [-0.4, -0.2) is 41.2 Å². The molecule has 1 N–H and O–H groups in total. The Morgan fingerprint density at radius 2 is 1.73 bits per heavy atom. The summed E-state index contributed by atoms with van der Waals surface area (Å²) in [6.45, 7) is 1.19. The zero-order valence-electron chi connectivity index (χ0n) is 15.2. The third kappa shape index (κ3) is 4.58. The van der Waals surface area contributed by atoms with Gasteiger partial charge in [-0.05, 0) is 25.2 Å². The summed E-state index contributed by atoms with van der Waals surface area (Å²) in [5.74, 6) is -0.105. The summed E-state index contributed by atoms with van der Waals surface area (Å²) in [6, 6.07) is 20.4. The van der Waals surface area contributed by atoms with Gasteiger partial charge in [0.2, 0.25) is 0 Å². The number of nitrogens with zero attached hydrogens (tertiary/aromatic N) is 3. The average molecular weight is 348 g/mol. The Bertz CT molecular complexity index is 827. The van der Waals surface area contributed by atoms with Crippen LogP contribution in [0.15, 0.2) is 73.1 Å². The second kappa shape index (κ2) is 8.45. The molecule has 0 aliphatic carbocycles. The lowest BCUT2D eigenvalue weighted by atomic mass is 10.1. The second-order valence-corrected chi connectivity index (χ2v) is 6.51. The van der Waals surface area contributed by atoms with Crippen molar-refractivity contribution in [2.75, 3.05) is 20.6 Å². The van der Waals surface area contributed by atoms with E-state index in [1.54, 1.807) is 17.1 Å². The molecule has 0 fully saturated rings. The first-order valence-corrected chi connectivity index (χ1v) is 8.69. The number of benzene rings is 2. The van der Waals surface area contributed by atoms with E-state index < -0.39 is 0 Å². The molecule has 1 atom stereocenters. The molecule has 5 heteroatoms. The number of nitrogens with one attached hydrogen (secondary N) is 1. The minimum absolute atomic E-state index is 0.105. The number of carbonyl (C=O) groups is 1. The van der Waals surface area contributed by atoms with E-state index in [0.29, 0.717) is 18.7 Å². The van der Waals surface area contributed by atoms with Gasteiger partial charge in [0.1, 0.15) is 0 Å². The normalized spacial score (nSPS) is 12.1. The molecule has 2 aromatic carbocycles. The van der Waals surface area contributed by atoms with Crippen molar-refractivity contribution in [1.82, 2.24) is 20.0 Å². The average Bonchev–Trinajstić information content (AvgIpc) is 3.12. The molecule has 1 amide bonds. The Kier molecular flexibility index (Phi) is 5.81. The van der Waals surface area contributed by atoms with Gasteiger partial charge in [0.15, 0.2) is 0 Å². The van der Waals surface area contributed by atoms with Crippen molar-refractivity contribution in [2.45, 2.75) is 12.6 Å². The summed E-state index contributed by atoms with van der Waals surface area (Å²) in [5, 5.41) is 7.32. The van der Waals surface area contributed by atoms with Crippen molar-refractivity contribution in [2.24, 2.45) is 0 Å². The SMILES string of the molecule is CN(C)C(CNC(=O)c1cnn(Cc2ccccc2)c1)c1ccccc1. The Labute approximate surface area is 154 Å². The lowest BCUT2D eigenvalue weighted by Crippen LogP contribution is -2.34. The molecule has 0 bridgehead atoms. The largest absolute Gasteiger partial charge is 0.350 e. The van der Waals surface area contributed by atoms with Gasteiger partial charge in [-0.3, -0.25) is 9.48 Å². The fourth-order valence-electron chi connectivity index (χ4n) is 2.90. The predicted molar refractivity (Wildman–Crippen MR) is 103 cm³/mol. The van der Waals surface area contributed by atoms with Crippen molar-refractivity contribution in [3.63, 3.8) is 0 Å². The second-order valence-electron chi connectivity index (χ2n) is 6.51. The molecule has 3 rings (SSSR count). The lowest BCUT2D eigenvalue weighted by Gasteiger charge is -2.25. The maximum atomic E-state index is 12.5. The monoisotopic (exact) mass is 348 g/mol. The van der Waals surface area contributed by atoms with Crippen LogP contribution in [0.25, 0.3) is 0 Å². The maximum Gasteiger partial charge on any atom is 0.254 e. The zero-order valence-corrected chi connectivity index (χ0v) is 15.2. The minimum atomic E-state index is -0.105. The van der Waals surface area contributed by atoms with Gasteiger partial charge >= 0.3 is 0 Å². The lowest BCUT2D eigenvalue weighted by molar-refractivity contribution is 0.0942. The smallest absolute Gasteiger partial charge is 0.254 e. The van der Waals surface area contributed by atoms with E-state index in [0.717, 1.165) is 5.56 Å². The van der Waals surface area contributed by atoms with Gasteiger partial charge < -0.3 is 10.2 Å². The summed E-state index contributed by atoms with van der Waals surface area (Å²) in [7, 11) is 4.03. The molecule has 0 radical (unpaired) electrons. The van der Waals surface area contributed by atoms with Crippen molar-refractivity contribution >= 4 is 5.91 Å². The Balaban J connectivity index is 1.61. The number of carbonyl (C=O) groups excluding carboxylic acids is 1. The topological polar surface area (TPSA) is 50.2 Å². The molecule has 26 heavy (non-hydrogen) atoms. The minimum Gasteiger partial charge on any atom is -0.350 e. The van der Waals surface area contributed by atoms with Gasteiger partial charge in [0, 0.05) is 12.7 Å². The molecular formula is C21H24N4O. The van der Waals surface area contributed by atoms with Gasteiger partial charge in [-0.1, -0.05) is 60.7 Å². The van der Waals surface area contributed by atoms with E-state index in [1.807, 2.05) is 62.6 Å². The highest BCUT2D eigenvalue weighted by atomic mass is 16.1. The highest BCUT2D eigenvalue weighted by molar-refractivity contribution is 5.93. The van der Waals surface area contributed by atoms with E-state index in [4.69, 9.17) is 0 Å². The number of amides is 1. The van der Waals surface area contributed by atoms with E-state index in [9.17, 15) is 4.79 Å². The van der Waals surface area contributed by atoms with E-state index >= 15 is 0 Å². The summed E-state index contributed by atoms with van der Waals surface area (Å²) < 4.78 is 1.78. The molecule has 0 saturated carbocycles. The van der Waals surface area contributed by atoms with Crippen molar-refractivity contribution in [1.29, 1.82) is 0 Å². The Morgan fingerprint density at radius 1 is 1.08 bits per heavy atom. The van der Waals surface area contributed by atoms with Crippen LogP contribution in [0.5, 0.6) is 0 Å². The molecule has 1 aromatic heterocycles. The van der Waals surface area contributed by atoms with Crippen molar-refractivity contribution < 1.29 is 4.79 Å². The third-order valence-corrected chi connectivity index (χ3v) is 4.35. The zero-order chi connectivity index (χ0) is 18.4. The van der Waals surface area contributed by atoms with Crippen LogP contribution in [-0.2, 0) is 6.54 Å². The van der Waals surface area contributed by atoms with Crippen LogP contribution < -0.4 is 5.32 Å². The van der Waals surface area contributed by atoms with Crippen LogP contribution in [0.1, 0.15) is 27.5 Å². The Morgan fingerprint density at radius 3 is 2.38 bits per heavy atom. The van der Waals surface area contributed by atoms with Crippen LogP contribution in [0.4, 0.5) is 0 Å². The van der Waals surface area contributed by atoms with Crippen molar-refractivity contribution in [3.05, 3.63) is 89.7 Å². The van der Waals surface area contributed by atoms with Gasteiger partial charge in [-0.25, -0.2) is 0 Å². The van der Waals surface area contributed by atoms with Crippen molar-refractivity contribution in [3.8, 4) is 0 Å². The van der Waals surface area contributed by atoms with Crippen LogP contribution in [0.3, 0.4) is 0 Å². The number of hydrogen-bond donors (Lipinski definition) is 1. The van der Waals surface area contributed by atoms with Gasteiger partial charge in [-0.2, -0.15) is 5.10 Å². The van der Waals surface area contributed by atoms with E-state index in [1.165, 1.54) is 5.56 Å². The molecule has 0 saturated heterocycles. The standard InChI is InChI=1S/C21H24N4O/c1-24(2)20(18-11-7-4-8-12-18)14-22-21(26)19-13-23-25(16-19)15-17-9-5-3-6-10-17/h3-13,16,20H,14-15H2,1-2H3,(H,22,26). The molecule has 1 heterocycles. The first-order chi connectivity index (χ1) is 12.6. The van der Waals surface area contributed by atoms with Gasteiger partial charge in [-0.15, -0.1) is 0 Å². The van der Waals surface area contributed by atoms with E-state index in [-0.39, 0.29) is 11.9 Å². The highest BCUT2D eigenvalue weighted by Gasteiger charge is 2.16. The number of hydrogen-bond acceptors (Lipinski definition) is 3. The highest BCUT2D eigenvalue weighted by Crippen LogP contribution is 2.16. The summed E-state index contributed by atoms with van der Waals surface area (Å²) in [5.41, 5.74) is 2.91. The molecule has 1 unspecified atom stereocenters. The Hall–Kier alpha value is -2.92. The summed E-state index contributed by atoms with van der Waals surface area (Å²) in [6.07, 6.45) is 3.40. The molecule has 134 valence electrons. The van der Waals surface area contributed by atoms with Gasteiger partial charge in [0.25, 0.3) is 5.91 Å². The summed E-state index contributed by atoms with van der Waals surface area (Å²) in [4.78, 5) is 14.6. The van der Waals surface area contributed by atoms with Crippen LogP contribution in [0, 0.1) is 0 Å². The van der Waals surface area contributed by atoms with E-state index in [2.05, 4.69) is 27.4 Å². The first kappa shape index (κ1) is 17.9. The van der Waals surface area contributed by atoms with Crippen LogP contribution in [0.2, 0.25) is 0 Å². The molecule has 3 aromatic rings. The summed E-state index contributed by atoms with van der Waals surface area (Å²) >= 11 is 0. The molecular weight excluding hydrogens is 324 g/mol. The fraction of sp³-hybridized carbons (Fsp3) is 0.238.